The van der Waals surface area contributed by atoms with Crippen LogP contribution in [0.4, 0.5) is 0 Å². The smallest absolute Gasteiger partial charge is 0.157 e. The molecule has 1 atom stereocenters. The fourth-order valence-electron chi connectivity index (χ4n) is 2.04. The molecule has 0 spiro atoms. The SMILES string of the molecule is COc1ccc(CN=C2NC(C(C)C)CCS2)cc1. The van der Waals surface area contributed by atoms with Crippen molar-refractivity contribution in [1.82, 2.24) is 5.32 Å². The number of benzene rings is 1. The van der Waals surface area contributed by atoms with Gasteiger partial charge in [0, 0.05) is 11.8 Å². The third-order valence-electron chi connectivity index (χ3n) is 3.35. The van der Waals surface area contributed by atoms with Crippen LogP contribution in [0.25, 0.3) is 0 Å². The Labute approximate surface area is 119 Å². The van der Waals surface area contributed by atoms with E-state index in [1.54, 1.807) is 7.11 Å². The van der Waals surface area contributed by atoms with Crippen LogP contribution in [0, 0.1) is 5.92 Å². The van der Waals surface area contributed by atoms with E-state index in [4.69, 9.17) is 4.74 Å². The summed E-state index contributed by atoms with van der Waals surface area (Å²) < 4.78 is 5.15. The first kappa shape index (κ1) is 14.3. The Bertz CT molecular complexity index is 428. The predicted octanol–water partition coefficient (Wildman–Crippen LogP) is 3.30. The van der Waals surface area contributed by atoms with Crippen LogP contribution in [0.1, 0.15) is 25.8 Å². The minimum absolute atomic E-state index is 0.566. The van der Waals surface area contributed by atoms with Gasteiger partial charge in [0.05, 0.1) is 13.7 Å². The summed E-state index contributed by atoms with van der Waals surface area (Å²) in [6.45, 7) is 5.24. The zero-order valence-corrected chi connectivity index (χ0v) is 12.7. The number of nitrogens with zero attached hydrogens (tertiary/aromatic N) is 1. The second-order valence-electron chi connectivity index (χ2n) is 5.10. The highest BCUT2D eigenvalue weighted by molar-refractivity contribution is 8.13. The lowest BCUT2D eigenvalue weighted by molar-refractivity contribution is 0.414. The van der Waals surface area contributed by atoms with Gasteiger partial charge in [-0.25, -0.2) is 0 Å². The van der Waals surface area contributed by atoms with Crippen molar-refractivity contribution < 1.29 is 4.74 Å². The fraction of sp³-hybridized carbons (Fsp3) is 0.533. The lowest BCUT2D eigenvalue weighted by Gasteiger charge is -2.28. The van der Waals surface area contributed by atoms with Gasteiger partial charge in [0.25, 0.3) is 0 Å². The Morgan fingerprint density at radius 3 is 2.74 bits per heavy atom. The van der Waals surface area contributed by atoms with Crippen molar-refractivity contribution in [3.05, 3.63) is 29.8 Å². The topological polar surface area (TPSA) is 33.6 Å². The number of hydrogen-bond donors (Lipinski definition) is 1. The highest BCUT2D eigenvalue weighted by Crippen LogP contribution is 2.19. The molecule has 0 amide bonds. The van der Waals surface area contributed by atoms with Gasteiger partial charge >= 0.3 is 0 Å². The number of rotatable bonds is 4. The second kappa shape index (κ2) is 6.85. The van der Waals surface area contributed by atoms with E-state index in [0.29, 0.717) is 12.0 Å². The quantitative estimate of drug-likeness (QED) is 0.917. The van der Waals surface area contributed by atoms with E-state index >= 15 is 0 Å². The summed E-state index contributed by atoms with van der Waals surface area (Å²) >= 11 is 1.83. The van der Waals surface area contributed by atoms with Crippen molar-refractivity contribution in [3.8, 4) is 5.75 Å². The molecule has 0 bridgehead atoms. The largest absolute Gasteiger partial charge is 0.497 e. The summed E-state index contributed by atoms with van der Waals surface area (Å²) in [6, 6.07) is 8.66. The summed E-state index contributed by atoms with van der Waals surface area (Å²) in [7, 11) is 1.68. The summed E-state index contributed by atoms with van der Waals surface area (Å²) in [5.74, 6) is 2.71. The van der Waals surface area contributed by atoms with Gasteiger partial charge in [-0.3, -0.25) is 4.99 Å². The van der Waals surface area contributed by atoms with E-state index in [0.717, 1.165) is 23.2 Å². The molecule has 104 valence electrons. The molecule has 1 fully saturated rings. The van der Waals surface area contributed by atoms with Crippen molar-refractivity contribution in [2.24, 2.45) is 10.9 Å². The Hall–Kier alpha value is -1.16. The number of thioether (sulfide) groups is 1. The molecule has 1 saturated heterocycles. The Kier molecular flexibility index (Phi) is 5.14. The highest BCUT2D eigenvalue weighted by Gasteiger charge is 2.19. The van der Waals surface area contributed by atoms with Crippen LogP contribution in [0.15, 0.2) is 29.3 Å². The molecule has 3 nitrogen and oxygen atoms in total. The molecule has 2 rings (SSSR count). The molecule has 1 aromatic rings. The lowest BCUT2D eigenvalue weighted by atomic mass is 10.0. The van der Waals surface area contributed by atoms with E-state index in [-0.39, 0.29) is 0 Å². The molecule has 1 aromatic carbocycles. The first-order valence-corrected chi connectivity index (χ1v) is 7.74. The summed E-state index contributed by atoms with van der Waals surface area (Å²) in [6.07, 6.45) is 1.23. The van der Waals surface area contributed by atoms with Crippen LogP contribution >= 0.6 is 11.8 Å². The minimum atomic E-state index is 0.566. The lowest BCUT2D eigenvalue weighted by Crippen LogP contribution is -2.41. The van der Waals surface area contributed by atoms with Gasteiger partial charge in [-0.2, -0.15) is 0 Å². The monoisotopic (exact) mass is 278 g/mol. The number of hydrogen-bond acceptors (Lipinski definition) is 3. The zero-order valence-electron chi connectivity index (χ0n) is 11.8. The average molecular weight is 278 g/mol. The van der Waals surface area contributed by atoms with E-state index in [2.05, 4.69) is 36.3 Å². The van der Waals surface area contributed by atoms with Crippen molar-refractivity contribution >= 4 is 16.9 Å². The first-order valence-electron chi connectivity index (χ1n) is 6.75. The third kappa shape index (κ3) is 4.16. The summed E-state index contributed by atoms with van der Waals surface area (Å²) in [4.78, 5) is 4.67. The van der Waals surface area contributed by atoms with Crippen molar-refractivity contribution in [3.63, 3.8) is 0 Å². The molecule has 1 aliphatic heterocycles. The normalized spacial score (nSPS) is 21.5. The highest BCUT2D eigenvalue weighted by atomic mass is 32.2. The molecule has 1 aliphatic rings. The van der Waals surface area contributed by atoms with E-state index in [1.165, 1.54) is 12.0 Å². The predicted molar refractivity (Wildman–Crippen MR) is 83.0 cm³/mol. The number of amidine groups is 1. The van der Waals surface area contributed by atoms with Crippen molar-refractivity contribution in [1.29, 1.82) is 0 Å². The molecule has 0 saturated carbocycles. The zero-order chi connectivity index (χ0) is 13.7. The van der Waals surface area contributed by atoms with Gasteiger partial charge in [0.1, 0.15) is 5.75 Å². The summed E-state index contributed by atoms with van der Waals surface area (Å²) in [5.41, 5.74) is 1.21. The standard InChI is InChI=1S/C15H22N2OS/c1-11(2)14-8-9-19-15(17-14)16-10-12-4-6-13(18-3)7-5-12/h4-7,11,14H,8-10H2,1-3H3,(H,16,17). The number of ether oxygens (including phenoxy) is 1. The van der Waals surface area contributed by atoms with E-state index in [1.807, 2.05) is 23.9 Å². The van der Waals surface area contributed by atoms with Crippen LogP contribution in [-0.4, -0.2) is 24.1 Å². The second-order valence-corrected chi connectivity index (χ2v) is 6.19. The summed E-state index contributed by atoms with van der Waals surface area (Å²) in [5, 5.41) is 4.62. The molecule has 1 N–H and O–H groups in total. The molecular weight excluding hydrogens is 256 g/mol. The molecule has 4 heteroatoms. The Morgan fingerprint density at radius 1 is 1.37 bits per heavy atom. The Morgan fingerprint density at radius 2 is 2.11 bits per heavy atom. The Balaban J connectivity index is 1.93. The molecule has 19 heavy (non-hydrogen) atoms. The molecule has 0 aliphatic carbocycles. The van der Waals surface area contributed by atoms with Crippen molar-refractivity contribution in [2.75, 3.05) is 12.9 Å². The molecular formula is C15H22N2OS. The fourth-order valence-corrected chi connectivity index (χ4v) is 3.00. The van der Waals surface area contributed by atoms with Crippen molar-refractivity contribution in [2.45, 2.75) is 32.9 Å². The van der Waals surface area contributed by atoms with E-state index in [9.17, 15) is 0 Å². The molecule has 1 heterocycles. The minimum Gasteiger partial charge on any atom is -0.497 e. The van der Waals surface area contributed by atoms with Gasteiger partial charge in [-0.15, -0.1) is 0 Å². The van der Waals surface area contributed by atoms with Crippen LogP contribution in [0.5, 0.6) is 5.75 Å². The van der Waals surface area contributed by atoms with Gasteiger partial charge in [0.15, 0.2) is 5.17 Å². The number of methoxy groups -OCH3 is 1. The maximum absolute atomic E-state index is 5.15. The van der Waals surface area contributed by atoms with Crippen LogP contribution in [0.3, 0.4) is 0 Å². The van der Waals surface area contributed by atoms with E-state index < -0.39 is 0 Å². The van der Waals surface area contributed by atoms with Gasteiger partial charge < -0.3 is 10.1 Å². The molecule has 0 aromatic heterocycles. The first-order chi connectivity index (χ1) is 9.19. The maximum Gasteiger partial charge on any atom is 0.157 e. The third-order valence-corrected chi connectivity index (χ3v) is 4.31. The molecule has 1 unspecified atom stereocenters. The van der Waals surface area contributed by atoms with Crippen LogP contribution in [-0.2, 0) is 6.54 Å². The van der Waals surface area contributed by atoms with Crippen LogP contribution < -0.4 is 10.1 Å². The van der Waals surface area contributed by atoms with Gasteiger partial charge in [0.2, 0.25) is 0 Å². The number of aliphatic imine (C=N–C) groups is 1. The van der Waals surface area contributed by atoms with Gasteiger partial charge in [-0.05, 0) is 30.0 Å². The van der Waals surface area contributed by atoms with Crippen LogP contribution in [0.2, 0.25) is 0 Å². The number of nitrogens with one attached hydrogen (secondary N) is 1. The maximum atomic E-state index is 5.15. The molecule has 0 radical (unpaired) electrons. The van der Waals surface area contributed by atoms with Gasteiger partial charge in [-0.1, -0.05) is 37.7 Å². The average Bonchev–Trinajstić information content (AvgIpc) is 2.46.